The van der Waals surface area contributed by atoms with E-state index in [2.05, 4.69) is 4.98 Å². The second-order valence-electron chi connectivity index (χ2n) is 4.54. The second-order valence-corrected chi connectivity index (χ2v) is 4.54. The van der Waals surface area contributed by atoms with Crippen LogP contribution < -0.4 is 0 Å². The minimum absolute atomic E-state index is 0.0394. The third-order valence-electron chi connectivity index (χ3n) is 3.31. The van der Waals surface area contributed by atoms with E-state index in [0.717, 1.165) is 32.4 Å². The van der Waals surface area contributed by atoms with Crippen LogP contribution in [0.1, 0.15) is 55.3 Å². The van der Waals surface area contributed by atoms with E-state index in [1.807, 2.05) is 11.8 Å². The number of nitrogens with zero attached hydrogens (tertiary/aromatic N) is 2. The average molecular weight is 236 g/mol. The van der Waals surface area contributed by atoms with Crippen LogP contribution in [-0.2, 0) is 6.42 Å². The third-order valence-corrected chi connectivity index (χ3v) is 3.31. The van der Waals surface area contributed by atoms with E-state index >= 15 is 0 Å². The van der Waals surface area contributed by atoms with Crippen molar-refractivity contribution in [2.24, 2.45) is 0 Å². The minimum Gasteiger partial charge on any atom is -0.448 e. The molecule has 2 rings (SSSR count). The first-order valence-electron chi connectivity index (χ1n) is 6.54. The molecule has 0 saturated carbocycles. The Morgan fingerprint density at radius 1 is 1.29 bits per heavy atom. The lowest BCUT2D eigenvalue weighted by Crippen LogP contribution is -2.34. The second kappa shape index (κ2) is 5.84. The maximum Gasteiger partial charge on any atom is 0.276 e. The summed E-state index contributed by atoms with van der Waals surface area (Å²) in [7, 11) is 0. The van der Waals surface area contributed by atoms with E-state index in [9.17, 15) is 4.79 Å². The molecule has 0 aliphatic carbocycles. The summed E-state index contributed by atoms with van der Waals surface area (Å²) in [5.74, 6) is 0.745. The molecule has 0 radical (unpaired) electrons. The number of aromatic nitrogens is 1. The van der Waals surface area contributed by atoms with Gasteiger partial charge in [-0.3, -0.25) is 4.79 Å². The Morgan fingerprint density at radius 3 is 2.59 bits per heavy atom. The molecule has 2 heterocycles. The monoisotopic (exact) mass is 236 g/mol. The molecular weight excluding hydrogens is 216 g/mol. The Labute approximate surface area is 102 Å². The van der Waals surface area contributed by atoms with Crippen LogP contribution in [0.25, 0.3) is 0 Å². The van der Waals surface area contributed by atoms with Crippen molar-refractivity contribution < 1.29 is 9.21 Å². The van der Waals surface area contributed by atoms with Crippen LogP contribution in [0.3, 0.4) is 0 Å². The number of amides is 1. The van der Waals surface area contributed by atoms with Crippen molar-refractivity contribution in [3.63, 3.8) is 0 Å². The summed E-state index contributed by atoms with van der Waals surface area (Å²) in [6, 6.07) is 0. The number of rotatable bonds is 2. The number of hydrogen-bond acceptors (Lipinski definition) is 3. The molecule has 1 fully saturated rings. The Morgan fingerprint density at radius 2 is 1.94 bits per heavy atom. The molecule has 1 aromatic rings. The van der Waals surface area contributed by atoms with Crippen molar-refractivity contribution in [2.75, 3.05) is 13.1 Å². The summed E-state index contributed by atoms with van der Waals surface area (Å²) < 4.78 is 5.22. The van der Waals surface area contributed by atoms with Gasteiger partial charge in [-0.2, -0.15) is 0 Å². The highest BCUT2D eigenvalue weighted by Gasteiger charge is 2.22. The van der Waals surface area contributed by atoms with Gasteiger partial charge in [-0.25, -0.2) is 4.98 Å². The molecule has 1 aromatic heterocycles. The van der Waals surface area contributed by atoms with E-state index in [1.165, 1.54) is 25.7 Å². The number of likely N-dealkylation sites (tertiary alicyclic amines) is 1. The summed E-state index contributed by atoms with van der Waals surface area (Å²) in [5.41, 5.74) is 0.507. The number of oxazole rings is 1. The van der Waals surface area contributed by atoms with E-state index in [-0.39, 0.29) is 5.91 Å². The van der Waals surface area contributed by atoms with Gasteiger partial charge in [0, 0.05) is 19.5 Å². The van der Waals surface area contributed by atoms with Gasteiger partial charge in [0.1, 0.15) is 5.76 Å². The first-order valence-corrected chi connectivity index (χ1v) is 6.54. The van der Waals surface area contributed by atoms with Crippen LogP contribution in [0.2, 0.25) is 0 Å². The number of hydrogen-bond donors (Lipinski definition) is 0. The normalized spacial score (nSPS) is 17.6. The summed E-state index contributed by atoms with van der Waals surface area (Å²) in [6.45, 7) is 3.69. The molecule has 1 saturated heterocycles. The zero-order valence-corrected chi connectivity index (χ0v) is 10.4. The minimum atomic E-state index is 0.0394. The van der Waals surface area contributed by atoms with Gasteiger partial charge in [0.25, 0.3) is 5.91 Å². The molecule has 0 aromatic carbocycles. The molecule has 4 nitrogen and oxygen atoms in total. The quantitative estimate of drug-likeness (QED) is 0.793. The molecular formula is C13H20N2O2. The molecule has 0 unspecified atom stereocenters. The standard InChI is InChI=1S/C13H20N2O2/c1-2-11-12(14-10-17-11)13(16)15-8-6-4-3-5-7-9-15/h10H,2-9H2,1H3. The fourth-order valence-electron chi connectivity index (χ4n) is 2.30. The average Bonchev–Trinajstić information content (AvgIpc) is 2.75. The van der Waals surface area contributed by atoms with Crippen molar-refractivity contribution in [1.29, 1.82) is 0 Å². The Balaban J connectivity index is 2.07. The topological polar surface area (TPSA) is 46.3 Å². The van der Waals surface area contributed by atoms with Gasteiger partial charge in [0.15, 0.2) is 12.1 Å². The number of carbonyl (C=O) groups excluding carboxylic acids is 1. The third kappa shape index (κ3) is 2.87. The summed E-state index contributed by atoms with van der Waals surface area (Å²) in [6.07, 6.45) is 8.04. The maximum atomic E-state index is 12.3. The van der Waals surface area contributed by atoms with Gasteiger partial charge < -0.3 is 9.32 Å². The molecule has 94 valence electrons. The van der Waals surface area contributed by atoms with Crippen molar-refractivity contribution >= 4 is 5.91 Å². The van der Waals surface area contributed by atoms with Gasteiger partial charge in [0.2, 0.25) is 0 Å². The number of carbonyl (C=O) groups is 1. The molecule has 0 spiro atoms. The Hall–Kier alpha value is -1.32. The predicted molar refractivity (Wildman–Crippen MR) is 64.9 cm³/mol. The summed E-state index contributed by atoms with van der Waals surface area (Å²) in [4.78, 5) is 18.3. The van der Waals surface area contributed by atoms with Gasteiger partial charge in [-0.15, -0.1) is 0 Å². The number of aryl methyl sites for hydroxylation is 1. The smallest absolute Gasteiger partial charge is 0.276 e. The van der Waals surface area contributed by atoms with Gasteiger partial charge in [-0.1, -0.05) is 26.2 Å². The summed E-state index contributed by atoms with van der Waals surface area (Å²) >= 11 is 0. The van der Waals surface area contributed by atoms with Crippen LogP contribution >= 0.6 is 0 Å². The first-order chi connectivity index (χ1) is 8.33. The zero-order chi connectivity index (χ0) is 12.1. The molecule has 0 bridgehead atoms. The van der Waals surface area contributed by atoms with Gasteiger partial charge in [-0.05, 0) is 12.8 Å². The zero-order valence-electron chi connectivity index (χ0n) is 10.4. The van der Waals surface area contributed by atoms with Gasteiger partial charge in [0.05, 0.1) is 0 Å². The van der Waals surface area contributed by atoms with E-state index < -0.39 is 0 Å². The highest BCUT2D eigenvalue weighted by Crippen LogP contribution is 2.15. The lowest BCUT2D eigenvalue weighted by molar-refractivity contribution is 0.0735. The Kier molecular flexibility index (Phi) is 4.18. The fourth-order valence-corrected chi connectivity index (χ4v) is 2.30. The van der Waals surface area contributed by atoms with E-state index in [0.29, 0.717) is 11.5 Å². The van der Waals surface area contributed by atoms with E-state index in [4.69, 9.17) is 4.42 Å². The van der Waals surface area contributed by atoms with E-state index in [1.54, 1.807) is 0 Å². The first kappa shape index (κ1) is 12.1. The van der Waals surface area contributed by atoms with Crippen molar-refractivity contribution in [3.8, 4) is 0 Å². The predicted octanol–water partition coefficient (Wildman–Crippen LogP) is 2.64. The van der Waals surface area contributed by atoms with Crippen LogP contribution in [0.5, 0.6) is 0 Å². The van der Waals surface area contributed by atoms with Crippen LogP contribution in [0.4, 0.5) is 0 Å². The van der Waals surface area contributed by atoms with Crippen LogP contribution in [0.15, 0.2) is 10.8 Å². The Bertz CT molecular complexity index is 365. The molecule has 1 aliphatic heterocycles. The highest BCUT2D eigenvalue weighted by atomic mass is 16.3. The lowest BCUT2D eigenvalue weighted by Gasteiger charge is -2.24. The SMILES string of the molecule is CCc1ocnc1C(=O)N1CCCCCCC1. The summed E-state index contributed by atoms with van der Waals surface area (Å²) in [5, 5.41) is 0. The molecule has 1 amide bonds. The fraction of sp³-hybridized carbons (Fsp3) is 0.692. The lowest BCUT2D eigenvalue weighted by atomic mass is 10.1. The molecule has 17 heavy (non-hydrogen) atoms. The molecule has 1 aliphatic rings. The van der Waals surface area contributed by atoms with Crippen LogP contribution in [0, 0.1) is 0 Å². The van der Waals surface area contributed by atoms with Crippen molar-refractivity contribution in [3.05, 3.63) is 17.8 Å². The largest absolute Gasteiger partial charge is 0.448 e. The van der Waals surface area contributed by atoms with Crippen molar-refractivity contribution in [2.45, 2.75) is 45.4 Å². The van der Waals surface area contributed by atoms with Crippen LogP contribution in [-0.4, -0.2) is 28.9 Å². The van der Waals surface area contributed by atoms with Crippen molar-refractivity contribution in [1.82, 2.24) is 9.88 Å². The maximum absolute atomic E-state index is 12.3. The molecule has 0 N–H and O–H groups in total. The molecule has 4 heteroatoms. The molecule has 0 atom stereocenters. The highest BCUT2D eigenvalue weighted by molar-refractivity contribution is 5.93. The van der Waals surface area contributed by atoms with Gasteiger partial charge >= 0.3 is 0 Å².